The first-order chi connectivity index (χ1) is 9.40. The number of nitrogens with one attached hydrogen (secondary N) is 1. The predicted molar refractivity (Wildman–Crippen MR) is 85.6 cm³/mol. The third kappa shape index (κ3) is 2.71. The van der Waals surface area contributed by atoms with Crippen molar-refractivity contribution >= 4 is 0 Å². The average molecular weight is 275 g/mol. The van der Waals surface area contributed by atoms with Crippen LogP contribution in [-0.4, -0.2) is 12.6 Å². The highest BCUT2D eigenvalue weighted by Gasteiger charge is 2.37. The van der Waals surface area contributed by atoms with Gasteiger partial charge in [0.25, 0.3) is 0 Å². The second-order valence-corrected chi connectivity index (χ2v) is 6.92. The number of ether oxygens (including phenoxy) is 1. The van der Waals surface area contributed by atoms with Crippen molar-refractivity contribution in [1.29, 1.82) is 0 Å². The van der Waals surface area contributed by atoms with Gasteiger partial charge in [0.1, 0.15) is 11.9 Å². The van der Waals surface area contributed by atoms with Crippen LogP contribution in [0.3, 0.4) is 0 Å². The van der Waals surface area contributed by atoms with Crippen molar-refractivity contribution in [1.82, 2.24) is 5.32 Å². The maximum Gasteiger partial charge on any atom is 0.128 e. The molecule has 0 bridgehead atoms. The number of hydrogen-bond donors (Lipinski definition) is 1. The summed E-state index contributed by atoms with van der Waals surface area (Å²) in [5.41, 5.74) is 4.18. The Hall–Kier alpha value is -1.02. The lowest BCUT2D eigenvalue weighted by atomic mass is 9.83. The van der Waals surface area contributed by atoms with E-state index in [1.165, 1.54) is 16.7 Å². The molecule has 1 aliphatic heterocycles. The van der Waals surface area contributed by atoms with E-state index in [-0.39, 0.29) is 11.5 Å². The van der Waals surface area contributed by atoms with E-state index in [2.05, 4.69) is 59.0 Å². The summed E-state index contributed by atoms with van der Waals surface area (Å²) in [5.74, 6) is 1.14. The van der Waals surface area contributed by atoms with Crippen molar-refractivity contribution in [3.8, 4) is 5.75 Å². The predicted octanol–water partition coefficient (Wildman–Crippen LogP) is 4.50. The van der Waals surface area contributed by atoms with Crippen molar-refractivity contribution in [2.45, 2.75) is 71.9 Å². The van der Waals surface area contributed by atoms with Crippen LogP contribution in [0.15, 0.2) is 12.1 Å². The zero-order valence-corrected chi connectivity index (χ0v) is 13.8. The minimum Gasteiger partial charge on any atom is -0.488 e. The fraction of sp³-hybridized carbons (Fsp3) is 0.667. The standard InChI is InChI=1S/C18H29NO/c1-7-11-19-16-14(8-2)20-17-13(18(4,5)6)10-9-12(3)15(16)17/h9-10,14,16,19H,7-8,11H2,1-6H3. The molecule has 1 aliphatic rings. The van der Waals surface area contributed by atoms with E-state index in [0.717, 1.165) is 25.1 Å². The van der Waals surface area contributed by atoms with Crippen LogP contribution >= 0.6 is 0 Å². The first-order valence-electron chi connectivity index (χ1n) is 7.94. The summed E-state index contributed by atoms with van der Waals surface area (Å²) in [6, 6.07) is 4.84. The van der Waals surface area contributed by atoms with Gasteiger partial charge < -0.3 is 10.1 Å². The van der Waals surface area contributed by atoms with Crippen LogP contribution in [0, 0.1) is 6.92 Å². The van der Waals surface area contributed by atoms with Gasteiger partial charge in [-0.1, -0.05) is 46.8 Å². The van der Waals surface area contributed by atoms with E-state index < -0.39 is 0 Å². The number of rotatable bonds is 4. The molecule has 0 aliphatic carbocycles. The van der Waals surface area contributed by atoms with Crippen LogP contribution < -0.4 is 10.1 Å². The van der Waals surface area contributed by atoms with Crippen LogP contribution in [0.4, 0.5) is 0 Å². The summed E-state index contributed by atoms with van der Waals surface area (Å²) < 4.78 is 6.34. The molecule has 1 N–H and O–H groups in total. The molecule has 1 aromatic carbocycles. The number of hydrogen-bond acceptors (Lipinski definition) is 2. The monoisotopic (exact) mass is 275 g/mol. The van der Waals surface area contributed by atoms with Crippen molar-refractivity contribution in [3.05, 3.63) is 28.8 Å². The number of benzene rings is 1. The minimum absolute atomic E-state index is 0.121. The average Bonchev–Trinajstić information content (AvgIpc) is 2.74. The molecule has 20 heavy (non-hydrogen) atoms. The van der Waals surface area contributed by atoms with Gasteiger partial charge in [-0.15, -0.1) is 0 Å². The summed E-state index contributed by atoms with van der Waals surface area (Å²) in [6.45, 7) is 14.4. The molecule has 0 saturated carbocycles. The molecule has 2 unspecified atom stereocenters. The maximum atomic E-state index is 6.34. The van der Waals surface area contributed by atoms with Crippen molar-refractivity contribution < 1.29 is 4.74 Å². The van der Waals surface area contributed by atoms with Crippen molar-refractivity contribution in [2.75, 3.05) is 6.54 Å². The molecule has 2 nitrogen and oxygen atoms in total. The smallest absolute Gasteiger partial charge is 0.128 e. The topological polar surface area (TPSA) is 21.3 Å². The Labute approximate surface area is 123 Å². The normalized spacial score (nSPS) is 21.7. The highest BCUT2D eigenvalue weighted by atomic mass is 16.5. The molecular weight excluding hydrogens is 246 g/mol. The lowest BCUT2D eigenvalue weighted by molar-refractivity contribution is 0.182. The first-order valence-corrected chi connectivity index (χ1v) is 7.94. The van der Waals surface area contributed by atoms with Gasteiger partial charge in [-0.05, 0) is 42.9 Å². The summed E-state index contributed by atoms with van der Waals surface area (Å²) in [6.07, 6.45) is 2.46. The highest BCUT2D eigenvalue weighted by Crippen LogP contribution is 2.45. The zero-order valence-electron chi connectivity index (χ0n) is 13.8. The first kappa shape index (κ1) is 15.4. The largest absolute Gasteiger partial charge is 0.488 e. The van der Waals surface area contributed by atoms with Gasteiger partial charge in [-0.25, -0.2) is 0 Å². The van der Waals surface area contributed by atoms with Gasteiger partial charge >= 0.3 is 0 Å². The second kappa shape index (κ2) is 5.77. The molecule has 0 aromatic heterocycles. The van der Waals surface area contributed by atoms with E-state index in [4.69, 9.17) is 4.74 Å². The van der Waals surface area contributed by atoms with Crippen LogP contribution in [0.5, 0.6) is 5.75 Å². The molecule has 0 amide bonds. The van der Waals surface area contributed by atoms with Gasteiger partial charge in [-0.3, -0.25) is 0 Å². The zero-order chi connectivity index (χ0) is 14.9. The molecule has 0 fully saturated rings. The van der Waals surface area contributed by atoms with Crippen LogP contribution in [0.1, 0.15) is 70.2 Å². The lowest BCUT2D eigenvalue weighted by Gasteiger charge is -2.23. The molecule has 2 atom stereocenters. The summed E-state index contributed by atoms with van der Waals surface area (Å²) >= 11 is 0. The molecule has 0 spiro atoms. The fourth-order valence-corrected chi connectivity index (χ4v) is 3.06. The van der Waals surface area contributed by atoms with E-state index in [9.17, 15) is 0 Å². The Morgan fingerprint density at radius 3 is 2.45 bits per heavy atom. The SMILES string of the molecule is CCCNC1c2c(C)ccc(C(C)(C)C)c2OC1CC. The van der Waals surface area contributed by atoms with Crippen molar-refractivity contribution in [3.63, 3.8) is 0 Å². The summed E-state index contributed by atoms with van der Waals surface area (Å²) in [4.78, 5) is 0. The molecule has 1 aromatic rings. The Morgan fingerprint density at radius 2 is 1.90 bits per heavy atom. The Balaban J connectivity index is 2.48. The van der Waals surface area contributed by atoms with Crippen LogP contribution in [0.25, 0.3) is 0 Å². The van der Waals surface area contributed by atoms with Crippen LogP contribution in [-0.2, 0) is 5.41 Å². The highest BCUT2D eigenvalue weighted by molar-refractivity contribution is 5.53. The van der Waals surface area contributed by atoms with Gasteiger partial charge in [0.15, 0.2) is 0 Å². The molecular formula is C18H29NO. The van der Waals surface area contributed by atoms with Crippen LogP contribution in [0.2, 0.25) is 0 Å². The number of aryl methyl sites for hydroxylation is 1. The molecule has 0 radical (unpaired) electrons. The van der Waals surface area contributed by atoms with E-state index in [1.807, 2.05) is 0 Å². The molecule has 2 rings (SSSR count). The third-order valence-electron chi connectivity index (χ3n) is 4.19. The lowest BCUT2D eigenvalue weighted by Crippen LogP contribution is -2.31. The molecule has 112 valence electrons. The third-order valence-corrected chi connectivity index (χ3v) is 4.19. The molecule has 1 heterocycles. The maximum absolute atomic E-state index is 6.34. The van der Waals surface area contributed by atoms with E-state index in [1.54, 1.807) is 0 Å². The van der Waals surface area contributed by atoms with E-state index >= 15 is 0 Å². The van der Waals surface area contributed by atoms with Gasteiger partial charge in [0.2, 0.25) is 0 Å². The summed E-state index contributed by atoms with van der Waals surface area (Å²) in [7, 11) is 0. The minimum atomic E-state index is 0.121. The number of fused-ring (bicyclic) bond motifs is 1. The van der Waals surface area contributed by atoms with Crippen molar-refractivity contribution in [2.24, 2.45) is 0 Å². The Bertz CT molecular complexity index is 473. The Kier molecular flexibility index (Phi) is 4.43. The molecule has 0 saturated heterocycles. The molecule has 2 heteroatoms. The van der Waals surface area contributed by atoms with Gasteiger partial charge in [0.05, 0.1) is 6.04 Å². The van der Waals surface area contributed by atoms with Gasteiger partial charge in [-0.2, -0.15) is 0 Å². The second-order valence-electron chi connectivity index (χ2n) is 6.92. The fourth-order valence-electron chi connectivity index (χ4n) is 3.06. The summed E-state index contributed by atoms with van der Waals surface area (Å²) in [5, 5.41) is 3.68. The van der Waals surface area contributed by atoms with E-state index in [0.29, 0.717) is 6.04 Å². The Morgan fingerprint density at radius 1 is 1.20 bits per heavy atom. The quantitative estimate of drug-likeness (QED) is 0.873. The van der Waals surface area contributed by atoms with Gasteiger partial charge in [0, 0.05) is 5.56 Å².